The van der Waals surface area contributed by atoms with Crippen LogP contribution in [0, 0.1) is 0 Å². The zero-order chi connectivity index (χ0) is 32.5. The van der Waals surface area contributed by atoms with Crippen LogP contribution in [0.25, 0.3) is 76.2 Å². The second-order valence-electron chi connectivity index (χ2n) is 12.8. The van der Waals surface area contributed by atoms with Crippen molar-refractivity contribution in [3.63, 3.8) is 0 Å². The summed E-state index contributed by atoms with van der Waals surface area (Å²) >= 11 is 0. The maximum Gasteiger partial charge on any atom is 0.171 e. The minimum Gasteiger partial charge on any atom is -0.456 e. The second-order valence-corrected chi connectivity index (χ2v) is 15.6. The molecule has 9 aromatic carbocycles. The van der Waals surface area contributed by atoms with Crippen LogP contribution in [0.1, 0.15) is 0 Å². The van der Waals surface area contributed by atoms with Gasteiger partial charge in [-0.15, -0.1) is 0 Å². The number of benzene rings is 9. The zero-order valence-electron chi connectivity index (χ0n) is 26.5. The largest absolute Gasteiger partial charge is 0.456 e. The minimum atomic E-state index is -3.16. The average Bonchev–Trinajstić information content (AvgIpc) is 3.54. The molecule has 2 nitrogen and oxygen atoms in total. The Morgan fingerprint density at radius 3 is 1.67 bits per heavy atom. The van der Waals surface area contributed by atoms with Crippen molar-refractivity contribution >= 4 is 88.1 Å². The van der Waals surface area contributed by atoms with Crippen LogP contribution >= 0.6 is 7.14 Å². The van der Waals surface area contributed by atoms with Gasteiger partial charge in [0.1, 0.15) is 11.2 Å². The van der Waals surface area contributed by atoms with Crippen LogP contribution in [-0.2, 0) is 4.57 Å². The van der Waals surface area contributed by atoms with E-state index in [1.807, 2.05) is 72.8 Å². The third kappa shape index (κ3) is 4.25. The lowest BCUT2D eigenvalue weighted by Gasteiger charge is -2.20. The van der Waals surface area contributed by atoms with Gasteiger partial charge in [-0.05, 0) is 90.6 Å². The standard InChI is InChI=1S/C46H29O2P/c47-49(34-13-3-1-4-14-34,35-15-5-2-6-16-35)36-23-26-44-42(29-36)41-28-33(22-25-43(41)48-44)46-39-24-21-30-11-7-9-17-37(30)40(39)27-32-20-19-31-12-8-10-18-38(31)45(32)46/h1-29H. The van der Waals surface area contributed by atoms with Gasteiger partial charge in [0.25, 0.3) is 0 Å². The first-order chi connectivity index (χ1) is 24.2. The molecule has 0 saturated carbocycles. The van der Waals surface area contributed by atoms with Crippen LogP contribution in [-0.4, -0.2) is 0 Å². The van der Waals surface area contributed by atoms with Crippen molar-refractivity contribution in [2.45, 2.75) is 0 Å². The molecule has 0 atom stereocenters. The van der Waals surface area contributed by atoms with E-state index in [1.165, 1.54) is 48.7 Å². The van der Waals surface area contributed by atoms with E-state index in [1.54, 1.807) is 0 Å². The summed E-state index contributed by atoms with van der Waals surface area (Å²) in [5.41, 5.74) is 3.92. The van der Waals surface area contributed by atoms with Crippen LogP contribution in [0.4, 0.5) is 0 Å². The van der Waals surface area contributed by atoms with Crippen LogP contribution in [0.5, 0.6) is 0 Å². The van der Waals surface area contributed by atoms with Crippen molar-refractivity contribution in [1.29, 1.82) is 0 Å². The number of rotatable bonds is 4. The molecule has 49 heavy (non-hydrogen) atoms. The van der Waals surface area contributed by atoms with Crippen LogP contribution in [0.2, 0.25) is 0 Å². The first kappa shape index (κ1) is 28.1. The molecule has 1 aromatic heterocycles. The summed E-state index contributed by atoms with van der Waals surface area (Å²) in [5, 5.41) is 14.2. The van der Waals surface area contributed by atoms with E-state index in [4.69, 9.17) is 4.42 Å². The molecule has 10 rings (SSSR count). The molecule has 0 fully saturated rings. The first-order valence-electron chi connectivity index (χ1n) is 16.6. The molecule has 0 amide bonds. The highest BCUT2D eigenvalue weighted by atomic mass is 31.2. The number of hydrogen-bond donors (Lipinski definition) is 0. The molecule has 0 saturated heterocycles. The summed E-state index contributed by atoms with van der Waals surface area (Å²) in [6.45, 7) is 0. The number of hydrogen-bond acceptors (Lipinski definition) is 2. The van der Waals surface area contributed by atoms with Gasteiger partial charge in [-0.2, -0.15) is 0 Å². The van der Waals surface area contributed by atoms with Gasteiger partial charge in [0, 0.05) is 26.7 Å². The maximum atomic E-state index is 15.3. The Bertz CT molecular complexity index is 2920. The van der Waals surface area contributed by atoms with Crippen molar-refractivity contribution in [2.75, 3.05) is 0 Å². The molecule has 3 heteroatoms. The van der Waals surface area contributed by atoms with Gasteiger partial charge in [-0.25, -0.2) is 0 Å². The van der Waals surface area contributed by atoms with Crippen molar-refractivity contribution in [3.05, 3.63) is 176 Å². The molecule has 0 aliphatic heterocycles. The molecule has 230 valence electrons. The highest BCUT2D eigenvalue weighted by molar-refractivity contribution is 7.85. The molecule has 0 bridgehead atoms. The summed E-state index contributed by atoms with van der Waals surface area (Å²) in [7, 11) is -3.16. The van der Waals surface area contributed by atoms with Crippen molar-refractivity contribution in [3.8, 4) is 11.1 Å². The summed E-state index contributed by atoms with van der Waals surface area (Å²) in [6, 6.07) is 60.9. The van der Waals surface area contributed by atoms with E-state index in [2.05, 4.69) is 103 Å². The highest BCUT2D eigenvalue weighted by Crippen LogP contribution is 2.46. The van der Waals surface area contributed by atoms with Gasteiger partial charge in [-0.1, -0.05) is 140 Å². The number of fused-ring (bicyclic) bond motifs is 9. The van der Waals surface area contributed by atoms with E-state index < -0.39 is 7.14 Å². The fourth-order valence-corrected chi connectivity index (χ4v) is 10.5. The Hall–Kier alpha value is -5.95. The highest BCUT2D eigenvalue weighted by Gasteiger charge is 2.30. The topological polar surface area (TPSA) is 30.2 Å². The molecule has 0 aliphatic carbocycles. The van der Waals surface area contributed by atoms with Crippen LogP contribution in [0.15, 0.2) is 180 Å². The van der Waals surface area contributed by atoms with E-state index in [9.17, 15) is 0 Å². The smallest absolute Gasteiger partial charge is 0.171 e. The predicted molar refractivity (Wildman–Crippen MR) is 209 cm³/mol. The minimum absolute atomic E-state index is 0.780. The van der Waals surface area contributed by atoms with E-state index in [-0.39, 0.29) is 0 Å². The van der Waals surface area contributed by atoms with Crippen LogP contribution in [0.3, 0.4) is 0 Å². The van der Waals surface area contributed by atoms with Crippen molar-refractivity contribution in [2.24, 2.45) is 0 Å². The Labute approximate surface area is 283 Å². The Balaban J connectivity index is 1.28. The Morgan fingerprint density at radius 2 is 0.939 bits per heavy atom. The third-order valence-corrected chi connectivity index (χ3v) is 13.2. The lowest BCUT2D eigenvalue weighted by atomic mass is 9.87. The van der Waals surface area contributed by atoms with Gasteiger partial charge in [0.05, 0.1) is 0 Å². The maximum absolute atomic E-state index is 15.3. The Morgan fingerprint density at radius 1 is 0.367 bits per heavy atom. The zero-order valence-corrected chi connectivity index (χ0v) is 27.4. The summed E-state index contributed by atoms with van der Waals surface area (Å²) in [4.78, 5) is 0. The normalized spacial score (nSPS) is 12.2. The van der Waals surface area contributed by atoms with Crippen molar-refractivity contribution in [1.82, 2.24) is 0 Å². The third-order valence-electron chi connectivity index (χ3n) is 10.1. The van der Waals surface area contributed by atoms with Gasteiger partial charge in [0.15, 0.2) is 7.14 Å². The molecular formula is C46H29O2P. The molecule has 0 aliphatic rings. The van der Waals surface area contributed by atoms with Crippen molar-refractivity contribution < 1.29 is 8.98 Å². The lowest BCUT2D eigenvalue weighted by Crippen LogP contribution is -2.24. The first-order valence-corrected chi connectivity index (χ1v) is 18.3. The second kappa shape index (κ2) is 10.8. The molecule has 1 heterocycles. The molecular weight excluding hydrogens is 615 g/mol. The molecule has 0 unspecified atom stereocenters. The summed E-state index contributed by atoms with van der Waals surface area (Å²) in [6.07, 6.45) is 0. The fraction of sp³-hybridized carbons (Fsp3) is 0. The van der Waals surface area contributed by atoms with Gasteiger partial charge < -0.3 is 8.98 Å². The molecule has 0 radical (unpaired) electrons. The summed E-state index contributed by atoms with van der Waals surface area (Å²) < 4.78 is 21.7. The molecule has 10 aromatic rings. The molecule has 0 N–H and O–H groups in total. The Kier molecular flexibility index (Phi) is 6.19. The van der Waals surface area contributed by atoms with E-state index >= 15 is 4.57 Å². The van der Waals surface area contributed by atoms with Gasteiger partial charge >= 0.3 is 0 Å². The monoisotopic (exact) mass is 644 g/mol. The van der Waals surface area contributed by atoms with Gasteiger partial charge in [0.2, 0.25) is 0 Å². The lowest BCUT2D eigenvalue weighted by molar-refractivity contribution is 0.592. The van der Waals surface area contributed by atoms with Gasteiger partial charge in [-0.3, -0.25) is 0 Å². The quantitative estimate of drug-likeness (QED) is 0.108. The fourth-order valence-electron chi connectivity index (χ4n) is 7.79. The number of furan rings is 1. The van der Waals surface area contributed by atoms with E-state index in [0.717, 1.165) is 43.4 Å². The van der Waals surface area contributed by atoms with E-state index in [0.29, 0.717) is 0 Å². The molecule has 0 spiro atoms. The van der Waals surface area contributed by atoms with Crippen LogP contribution < -0.4 is 15.9 Å². The summed E-state index contributed by atoms with van der Waals surface area (Å²) in [5.74, 6) is 0. The SMILES string of the molecule is O=P(c1ccccc1)(c1ccccc1)c1ccc2oc3ccc(-c4c5ccc6ccccc6c5cc5ccc6ccccc6c45)cc3c2c1. The average molecular weight is 645 g/mol. The predicted octanol–water partition coefficient (Wildman–Crippen LogP) is 11.5.